The third kappa shape index (κ3) is 5.82. The lowest BCUT2D eigenvalue weighted by Crippen LogP contribution is -2.53. The molecule has 124 valence electrons. The highest BCUT2D eigenvalue weighted by molar-refractivity contribution is 5.82. The van der Waals surface area contributed by atoms with Crippen molar-refractivity contribution >= 4 is 5.91 Å². The molecule has 0 saturated carbocycles. The lowest BCUT2D eigenvalue weighted by atomic mass is 9.93. The third-order valence-electron chi connectivity index (χ3n) is 3.80. The van der Waals surface area contributed by atoms with Crippen LogP contribution in [0.5, 0.6) is 0 Å². The van der Waals surface area contributed by atoms with Crippen LogP contribution in [-0.4, -0.2) is 68.2 Å². The van der Waals surface area contributed by atoms with Crippen molar-refractivity contribution in [2.24, 2.45) is 5.92 Å². The van der Waals surface area contributed by atoms with Crippen LogP contribution >= 0.6 is 0 Å². The monoisotopic (exact) mass is 309 g/mol. The Morgan fingerprint density at radius 2 is 1.86 bits per heavy atom. The third-order valence-corrected chi connectivity index (χ3v) is 3.80. The van der Waals surface area contributed by atoms with Crippen LogP contribution < -0.4 is 5.32 Å². The predicted molar refractivity (Wildman–Crippen MR) is 76.0 cm³/mol. The molecule has 4 nitrogen and oxygen atoms in total. The Hall–Kier alpha value is -0.820. The van der Waals surface area contributed by atoms with Gasteiger partial charge in [0.05, 0.1) is 12.0 Å². The predicted octanol–water partition coefficient (Wildman–Crippen LogP) is 1.72. The SMILES string of the molecule is CCCN(CCN(C)C)C(=O)C1CCC(C(F)(F)F)CN1. The van der Waals surface area contributed by atoms with E-state index in [2.05, 4.69) is 5.32 Å². The van der Waals surface area contributed by atoms with Crippen molar-refractivity contribution < 1.29 is 18.0 Å². The molecule has 1 saturated heterocycles. The van der Waals surface area contributed by atoms with Crippen molar-refractivity contribution in [2.75, 3.05) is 40.3 Å². The molecule has 1 amide bonds. The number of carbonyl (C=O) groups is 1. The number of likely N-dealkylation sites (N-methyl/N-ethyl adjacent to an activating group) is 1. The van der Waals surface area contributed by atoms with Crippen LogP contribution in [0.4, 0.5) is 13.2 Å². The number of nitrogens with zero attached hydrogens (tertiary/aromatic N) is 2. The first-order chi connectivity index (χ1) is 9.75. The molecule has 1 N–H and O–H groups in total. The summed E-state index contributed by atoms with van der Waals surface area (Å²) in [6.07, 6.45) is -3.04. The fourth-order valence-electron chi connectivity index (χ4n) is 2.49. The normalized spacial score (nSPS) is 23.4. The fourth-order valence-corrected chi connectivity index (χ4v) is 2.49. The summed E-state index contributed by atoms with van der Waals surface area (Å²) in [5.74, 6) is -1.40. The van der Waals surface area contributed by atoms with Gasteiger partial charge in [-0.1, -0.05) is 6.92 Å². The molecular formula is C14H26F3N3O. The number of amides is 1. The first kappa shape index (κ1) is 18.2. The first-order valence-electron chi connectivity index (χ1n) is 7.49. The Bertz CT molecular complexity index is 326. The zero-order valence-electron chi connectivity index (χ0n) is 13.0. The molecule has 0 radical (unpaired) electrons. The highest BCUT2D eigenvalue weighted by Crippen LogP contribution is 2.32. The van der Waals surface area contributed by atoms with E-state index in [9.17, 15) is 18.0 Å². The summed E-state index contributed by atoms with van der Waals surface area (Å²) < 4.78 is 37.9. The number of piperidine rings is 1. The van der Waals surface area contributed by atoms with E-state index in [0.29, 0.717) is 13.1 Å². The average molecular weight is 309 g/mol. The minimum atomic E-state index is -4.17. The standard InChI is InChI=1S/C14H26F3N3O/c1-4-7-20(9-8-19(2)3)13(21)12-6-5-11(10-18-12)14(15,16)17/h11-12,18H,4-10H2,1-3H3. The maximum Gasteiger partial charge on any atom is 0.393 e. The number of hydrogen-bond donors (Lipinski definition) is 1. The molecule has 0 aromatic rings. The zero-order valence-corrected chi connectivity index (χ0v) is 13.0. The smallest absolute Gasteiger partial charge is 0.340 e. The van der Waals surface area contributed by atoms with E-state index in [0.717, 1.165) is 13.0 Å². The largest absolute Gasteiger partial charge is 0.393 e. The van der Waals surface area contributed by atoms with Gasteiger partial charge in [0.1, 0.15) is 0 Å². The van der Waals surface area contributed by atoms with Crippen LogP contribution in [0.1, 0.15) is 26.2 Å². The molecule has 0 aliphatic carbocycles. The van der Waals surface area contributed by atoms with Gasteiger partial charge in [-0.3, -0.25) is 4.79 Å². The molecule has 1 aliphatic heterocycles. The molecular weight excluding hydrogens is 283 g/mol. The molecule has 2 unspecified atom stereocenters. The van der Waals surface area contributed by atoms with Gasteiger partial charge in [0.15, 0.2) is 0 Å². The Balaban J connectivity index is 2.53. The number of rotatable bonds is 6. The Labute approximate surface area is 124 Å². The summed E-state index contributed by atoms with van der Waals surface area (Å²) in [5.41, 5.74) is 0. The van der Waals surface area contributed by atoms with E-state index >= 15 is 0 Å². The van der Waals surface area contributed by atoms with Gasteiger partial charge in [-0.05, 0) is 33.4 Å². The maximum absolute atomic E-state index is 12.6. The Kier molecular flexibility index (Phi) is 6.93. The summed E-state index contributed by atoms with van der Waals surface area (Å²) in [6, 6.07) is -0.475. The van der Waals surface area contributed by atoms with Crippen molar-refractivity contribution in [3.8, 4) is 0 Å². The number of alkyl halides is 3. The second-order valence-corrected chi connectivity index (χ2v) is 5.91. The van der Waals surface area contributed by atoms with Gasteiger partial charge in [0, 0.05) is 26.2 Å². The lowest BCUT2D eigenvalue weighted by Gasteiger charge is -2.34. The molecule has 1 heterocycles. The minimum absolute atomic E-state index is 0.0283. The molecule has 2 atom stereocenters. The molecule has 0 aromatic heterocycles. The van der Waals surface area contributed by atoms with E-state index in [1.807, 2.05) is 25.9 Å². The summed E-state index contributed by atoms with van der Waals surface area (Å²) in [7, 11) is 3.86. The summed E-state index contributed by atoms with van der Waals surface area (Å²) in [4.78, 5) is 16.2. The van der Waals surface area contributed by atoms with E-state index in [-0.39, 0.29) is 25.3 Å². The molecule has 1 rings (SSSR count). The fraction of sp³-hybridized carbons (Fsp3) is 0.929. The van der Waals surface area contributed by atoms with E-state index in [4.69, 9.17) is 0 Å². The Morgan fingerprint density at radius 3 is 2.29 bits per heavy atom. The highest BCUT2D eigenvalue weighted by atomic mass is 19.4. The molecule has 0 bridgehead atoms. The van der Waals surface area contributed by atoms with Crippen LogP contribution in [0.15, 0.2) is 0 Å². The van der Waals surface area contributed by atoms with Crippen molar-refractivity contribution in [1.29, 1.82) is 0 Å². The van der Waals surface area contributed by atoms with Crippen molar-refractivity contribution in [2.45, 2.75) is 38.4 Å². The minimum Gasteiger partial charge on any atom is -0.340 e. The van der Waals surface area contributed by atoms with Gasteiger partial charge in [-0.25, -0.2) is 0 Å². The second kappa shape index (κ2) is 7.98. The number of halogens is 3. The highest BCUT2D eigenvalue weighted by Gasteiger charge is 2.42. The molecule has 1 fully saturated rings. The van der Waals surface area contributed by atoms with Crippen molar-refractivity contribution in [3.63, 3.8) is 0 Å². The quantitative estimate of drug-likeness (QED) is 0.811. The molecule has 1 aliphatic rings. The number of hydrogen-bond acceptors (Lipinski definition) is 3. The molecule has 7 heteroatoms. The molecule has 0 spiro atoms. The van der Waals surface area contributed by atoms with E-state index < -0.39 is 18.1 Å². The second-order valence-electron chi connectivity index (χ2n) is 5.91. The zero-order chi connectivity index (χ0) is 16.0. The van der Waals surface area contributed by atoms with E-state index in [1.54, 1.807) is 4.90 Å². The van der Waals surface area contributed by atoms with Crippen LogP contribution in [0, 0.1) is 5.92 Å². The summed E-state index contributed by atoms with van der Waals surface area (Å²) in [5, 5.41) is 2.78. The topological polar surface area (TPSA) is 35.6 Å². The molecule has 21 heavy (non-hydrogen) atoms. The van der Waals surface area contributed by atoms with Crippen LogP contribution in [-0.2, 0) is 4.79 Å². The van der Waals surface area contributed by atoms with Crippen molar-refractivity contribution in [3.05, 3.63) is 0 Å². The molecule has 0 aromatic carbocycles. The maximum atomic E-state index is 12.6. The lowest BCUT2D eigenvalue weighted by molar-refractivity contribution is -0.180. The summed E-state index contributed by atoms with van der Waals surface area (Å²) in [6.45, 7) is 3.84. The van der Waals surface area contributed by atoms with Gasteiger partial charge in [0.2, 0.25) is 5.91 Å². The van der Waals surface area contributed by atoms with Gasteiger partial charge >= 0.3 is 6.18 Å². The number of nitrogens with one attached hydrogen (secondary N) is 1. The van der Waals surface area contributed by atoms with Crippen LogP contribution in [0.25, 0.3) is 0 Å². The van der Waals surface area contributed by atoms with Crippen LogP contribution in [0.2, 0.25) is 0 Å². The van der Waals surface area contributed by atoms with Gasteiger partial charge < -0.3 is 15.1 Å². The first-order valence-corrected chi connectivity index (χ1v) is 7.49. The van der Waals surface area contributed by atoms with Crippen molar-refractivity contribution in [1.82, 2.24) is 15.1 Å². The van der Waals surface area contributed by atoms with Gasteiger partial charge in [-0.2, -0.15) is 13.2 Å². The van der Waals surface area contributed by atoms with Gasteiger partial charge in [-0.15, -0.1) is 0 Å². The number of carbonyl (C=O) groups excluding carboxylic acids is 1. The summed E-state index contributed by atoms with van der Waals surface area (Å²) >= 11 is 0. The van der Waals surface area contributed by atoms with Crippen LogP contribution in [0.3, 0.4) is 0 Å². The van der Waals surface area contributed by atoms with Gasteiger partial charge in [0.25, 0.3) is 0 Å². The van der Waals surface area contributed by atoms with E-state index in [1.165, 1.54) is 0 Å². The average Bonchev–Trinajstić information content (AvgIpc) is 2.41. The Morgan fingerprint density at radius 1 is 1.19 bits per heavy atom.